The van der Waals surface area contributed by atoms with E-state index in [4.69, 9.17) is 16.3 Å². The second kappa shape index (κ2) is 6.74. The highest BCUT2D eigenvalue weighted by Gasteiger charge is 2.19. The van der Waals surface area contributed by atoms with Crippen LogP contribution in [0.3, 0.4) is 0 Å². The number of sulfonamides is 1. The zero-order chi connectivity index (χ0) is 15.5. The maximum Gasteiger partial charge on any atom is 0.243 e. The van der Waals surface area contributed by atoms with E-state index in [9.17, 15) is 8.42 Å². The molecule has 2 aromatic rings. The van der Waals surface area contributed by atoms with Crippen LogP contribution in [0.2, 0.25) is 5.15 Å². The summed E-state index contributed by atoms with van der Waals surface area (Å²) < 4.78 is 32.8. The van der Waals surface area contributed by atoms with Gasteiger partial charge in [-0.2, -0.15) is 0 Å². The number of nitrogens with one attached hydrogen (secondary N) is 1. The highest BCUT2D eigenvalue weighted by molar-refractivity contribution is 9.10. The first-order valence-corrected chi connectivity index (χ1v) is 8.52. The Morgan fingerprint density at radius 2 is 2.10 bits per heavy atom. The molecule has 1 heterocycles. The Morgan fingerprint density at radius 3 is 2.81 bits per heavy atom. The van der Waals surface area contributed by atoms with E-state index in [1.54, 1.807) is 18.2 Å². The van der Waals surface area contributed by atoms with E-state index < -0.39 is 10.0 Å². The number of rotatable bonds is 5. The minimum absolute atomic E-state index is 0.0755. The highest BCUT2D eigenvalue weighted by atomic mass is 79.9. The van der Waals surface area contributed by atoms with Crippen LogP contribution in [-0.2, 0) is 16.6 Å². The lowest BCUT2D eigenvalue weighted by Crippen LogP contribution is -2.24. The summed E-state index contributed by atoms with van der Waals surface area (Å²) in [6.45, 7) is 0.0924. The molecule has 1 aromatic heterocycles. The van der Waals surface area contributed by atoms with Crippen molar-refractivity contribution in [3.05, 3.63) is 51.7 Å². The molecule has 0 saturated heterocycles. The fourth-order valence-electron chi connectivity index (χ4n) is 1.69. The van der Waals surface area contributed by atoms with Crippen LogP contribution in [0, 0.1) is 0 Å². The van der Waals surface area contributed by atoms with Gasteiger partial charge in [-0.15, -0.1) is 0 Å². The molecule has 1 N–H and O–H groups in total. The van der Waals surface area contributed by atoms with Crippen LogP contribution in [0.1, 0.15) is 5.56 Å². The molecule has 1 aromatic carbocycles. The number of hydrogen-bond acceptors (Lipinski definition) is 4. The van der Waals surface area contributed by atoms with E-state index in [-0.39, 0.29) is 16.6 Å². The van der Waals surface area contributed by atoms with Crippen molar-refractivity contribution in [1.82, 2.24) is 9.71 Å². The Kier molecular flexibility index (Phi) is 5.21. The van der Waals surface area contributed by atoms with Crippen LogP contribution in [0.4, 0.5) is 0 Å². The fraction of sp³-hybridized carbons (Fsp3) is 0.154. The van der Waals surface area contributed by atoms with E-state index >= 15 is 0 Å². The molecule has 0 saturated carbocycles. The SMILES string of the molecule is COc1ccccc1CNS(=O)(=O)c1cc(Br)cnc1Cl. The van der Waals surface area contributed by atoms with Crippen LogP contribution in [0.25, 0.3) is 0 Å². The minimum Gasteiger partial charge on any atom is -0.496 e. The number of aromatic nitrogens is 1. The summed E-state index contributed by atoms with van der Waals surface area (Å²) in [4.78, 5) is 3.73. The molecule has 0 aliphatic heterocycles. The Hall–Kier alpha value is -1.15. The molecule has 0 amide bonds. The van der Waals surface area contributed by atoms with Gasteiger partial charge in [0.05, 0.1) is 7.11 Å². The highest BCUT2D eigenvalue weighted by Crippen LogP contribution is 2.23. The standard InChI is InChI=1S/C13H12BrClN2O3S/c1-20-11-5-3-2-4-9(11)7-17-21(18,19)12-6-10(14)8-16-13(12)15/h2-6,8,17H,7H2,1H3. The van der Waals surface area contributed by atoms with Crippen LogP contribution < -0.4 is 9.46 Å². The Balaban J connectivity index is 2.24. The summed E-state index contributed by atoms with van der Waals surface area (Å²) >= 11 is 9.02. The molecule has 21 heavy (non-hydrogen) atoms. The Labute approximate surface area is 136 Å². The predicted octanol–water partition coefficient (Wildman–Crippen LogP) is 2.98. The number of hydrogen-bond donors (Lipinski definition) is 1. The van der Waals surface area contributed by atoms with Gasteiger partial charge in [0, 0.05) is 22.8 Å². The van der Waals surface area contributed by atoms with Crippen LogP contribution in [0.15, 0.2) is 45.9 Å². The molecule has 112 valence electrons. The molecule has 0 bridgehead atoms. The minimum atomic E-state index is -3.77. The second-order valence-electron chi connectivity index (χ2n) is 4.08. The smallest absolute Gasteiger partial charge is 0.243 e. The van der Waals surface area contributed by atoms with E-state index in [1.807, 2.05) is 6.07 Å². The van der Waals surface area contributed by atoms with Gasteiger partial charge in [0.25, 0.3) is 0 Å². The Morgan fingerprint density at radius 1 is 1.38 bits per heavy atom. The molecular weight excluding hydrogens is 380 g/mol. The summed E-state index contributed by atoms with van der Waals surface area (Å²) in [5.74, 6) is 0.610. The zero-order valence-corrected chi connectivity index (χ0v) is 14.2. The van der Waals surface area contributed by atoms with Crippen molar-refractivity contribution in [2.24, 2.45) is 0 Å². The van der Waals surface area contributed by atoms with E-state index in [0.29, 0.717) is 10.2 Å². The van der Waals surface area contributed by atoms with Gasteiger partial charge in [0.2, 0.25) is 10.0 Å². The fourth-order valence-corrected chi connectivity index (χ4v) is 3.64. The molecule has 0 aliphatic carbocycles. The van der Waals surface area contributed by atoms with Crippen molar-refractivity contribution in [2.75, 3.05) is 7.11 Å². The topological polar surface area (TPSA) is 68.3 Å². The van der Waals surface area contributed by atoms with Crippen molar-refractivity contribution in [3.8, 4) is 5.75 Å². The number of methoxy groups -OCH3 is 1. The normalized spacial score (nSPS) is 11.4. The first-order valence-electron chi connectivity index (χ1n) is 5.86. The number of para-hydroxylation sites is 1. The van der Waals surface area contributed by atoms with Gasteiger partial charge in [-0.1, -0.05) is 29.8 Å². The summed E-state index contributed by atoms with van der Waals surface area (Å²) in [6.07, 6.45) is 1.43. The number of halogens is 2. The summed E-state index contributed by atoms with van der Waals surface area (Å²) in [6, 6.07) is 8.56. The van der Waals surface area contributed by atoms with Crippen molar-refractivity contribution < 1.29 is 13.2 Å². The molecule has 2 rings (SSSR count). The van der Waals surface area contributed by atoms with Crippen molar-refractivity contribution in [2.45, 2.75) is 11.4 Å². The lowest BCUT2D eigenvalue weighted by atomic mass is 10.2. The van der Waals surface area contributed by atoms with Crippen LogP contribution >= 0.6 is 27.5 Å². The van der Waals surface area contributed by atoms with Crippen molar-refractivity contribution in [1.29, 1.82) is 0 Å². The number of nitrogens with zero attached hydrogens (tertiary/aromatic N) is 1. The quantitative estimate of drug-likeness (QED) is 0.796. The number of benzene rings is 1. The monoisotopic (exact) mass is 390 g/mol. The van der Waals surface area contributed by atoms with Crippen LogP contribution in [0.5, 0.6) is 5.75 Å². The molecule has 0 unspecified atom stereocenters. The zero-order valence-electron chi connectivity index (χ0n) is 11.0. The van der Waals surface area contributed by atoms with Gasteiger partial charge in [-0.05, 0) is 28.1 Å². The van der Waals surface area contributed by atoms with Gasteiger partial charge in [-0.25, -0.2) is 18.1 Å². The molecule has 0 aliphatic rings. The van der Waals surface area contributed by atoms with E-state index in [0.717, 1.165) is 5.56 Å². The largest absolute Gasteiger partial charge is 0.496 e. The van der Waals surface area contributed by atoms with Crippen LogP contribution in [-0.4, -0.2) is 20.5 Å². The second-order valence-corrected chi connectivity index (χ2v) is 7.09. The summed E-state index contributed by atoms with van der Waals surface area (Å²) in [5.41, 5.74) is 0.725. The third-order valence-electron chi connectivity index (χ3n) is 2.71. The molecular formula is C13H12BrClN2O3S. The van der Waals surface area contributed by atoms with E-state index in [2.05, 4.69) is 25.6 Å². The Bertz CT molecular complexity index is 753. The third-order valence-corrected chi connectivity index (χ3v) is 4.97. The molecule has 8 heteroatoms. The maximum atomic E-state index is 12.3. The lowest BCUT2D eigenvalue weighted by molar-refractivity contribution is 0.409. The van der Waals surface area contributed by atoms with Crippen molar-refractivity contribution in [3.63, 3.8) is 0 Å². The molecule has 5 nitrogen and oxygen atoms in total. The number of ether oxygens (including phenoxy) is 1. The first-order chi connectivity index (χ1) is 9.94. The summed E-state index contributed by atoms with van der Waals surface area (Å²) in [5, 5.41) is -0.0780. The molecule has 0 spiro atoms. The van der Waals surface area contributed by atoms with Gasteiger partial charge in [0.1, 0.15) is 15.8 Å². The molecule has 0 radical (unpaired) electrons. The first kappa shape index (κ1) is 16.2. The van der Waals surface area contributed by atoms with Gasteiger partial charge in [0.15, 0.2) is 0 Å². The van der Waals surface area contributed by atoms with Gasteiger partial charge in [-0.3, -0.25) is 0 Å². The van der Waals surface area contributed by atoms with E-state index in [1.165, 1.54) is 19.4 Å². The average molecular weight is 392 g/mol. The molecule has 0 atom stereocenters. The van der Waals surface area contributed by atoms with Gasteiger partial charge < -0.3 is 4.74 Å². The lowest BCUT2D eigenvalue weighted by Gasteiger charge is -2.11. The van der Waals surface area contributed by atoms with Gasteiger partial charge >= 0.3 is 0 Å². The molecule has 0 fully saturated rings. The van der Waals surface area contributed by atoms with Crippen molar-refractivity contribution >= 4 is 37.6 Å². The third kappa shape index (κ3) is 3.94. The summed E-state index contributed by atoms with van der Waals surface area (Å²) in [7, 11) is -2.24. The maximum absolute atomic E-state index is 12.3. The average Bonchev–Trinajstić information content (AvgIpc) is 2.48. The predicted molar refractivity (Wildman–Crippen MR) is 84.0 cm³/mol. The number of pyridine rings is 1.